The van der Waals surface area contributed by atoms with Crippen molar-refractivity contribution in [3.8, 4) is 5.75 Å². The highest BCUT2D eigenvalue weighted by molar-refractivity contribution is 5.95. The van der Waals surface area contributed by atoms with Crippen molar-refractivity contribution in [2.45, 2.75) is 20.3 Å². The maximum Gasteiger partial charge on any atom is 0.231 e. The topological polar surface area (TPSA) is 66.6 Å². The van der Waals surface area contributed by atoms with Crippen LogP contribution in [0.1, 0.15) is 20.3 Å². The normalized spacial score (nSPS) is 12.2. The Bertz CT molecular complexity index is 375. The monoisotopic (exact) mass is 236 g/mol. The van der Waals surface area contributed by atoms with Gasteiger partial charge in [0.1, 0.15) is 5.75 Å². The van der Waals surface area contributed by atoms with E-state index in [2.05, 4.69) is 0 Å². The quantitative estimate of drug-likeness (QED) is 0.818. The minimum Gasteiger partial charge on any atom is -0.508 e. The number of phenols is 1. The van der Waals surface area contributed by atoms with Crippen LogP contribution in [0, 0.1) is 5.92 Å². The van der Waals surface area contributed by atoms with Gasteiger partial charge in [0.15, 0.2) is 0 Å². The van der Waals surface area contributed by atoms with Gasteiger partial charge in [0, 0.05) is 24.8 Å². The molecule has 0 bridgehead atoms. The van der Waals surface area contributed by atoms with Crippen LogP contribution in [0.4, 0.5) is 5.69 Å². The number of nitrogens with zero attached hydrogens (tertiary/aromatic N) is 1. The maximum atomic E-state index is 12.2. The van der Waals surface area contributed by atoms with E-state index in [9.17, 15) is 9.90 Å². The third-order valence-corrected chi connectivity index (χ3v) is 2.85. The Hall–Kier alpha value is -1.55. The van der Waals surface area contributed by atoms with Crippen molar-refractivity contribution in [1.29, 1.82) is 0 Å². The van der Waals surface area contributed by atoms with E-state index in [1.807, 2.05) is 19.9 Å². The molecule has 0 saturated heterocycles. The fraction of sp³-hybridized carbons (Fsp3) is 0.462. The molecular formula is C13H20N2O2. The lowest BCUT2D eigenvalue weighted by molar-refractivity contribution is -0.122. The zero-order chi connectivity index (χ0) is 12.8. The molecule has 94 valence electrons. The Morgan fingerprint density at radius 1 is 1.47 bits per heavy atom. The summed E-state index contributed by atoms with van der Waals surface area (Å²) < 4.78 is 0. The Kier molecular flexibility index (Phi) is 4.97. The molecule has 4 nitrogen and oxygen atoms in total. The minimum atomic E-state index is -0.155. The molecule has 3 N–H and O–H groups in total. The lowest BCUT2D eigenvalue weighted by Crippen LogP contribution is -2.38. The average Bonchev–Trinajstić information content (AvgIpc) is 2.31. The standard InChI is InChI=1S/C13H20N2O2/c1-3-10(9-14)13(17)15(4-2)11-6-5-7-12(16)8-11/h5-8,10,16H,3-4,9,14H2,1-2H3. The van der Waals surface area contributed by atoms with Gasteiger partial charge in [-0.15, -0.1) is 0 Å². The van der Waals surface area contributed by atoms with Crippen LogP contribution in [0.25, 0.3) is 0 Å². The smallest absolute Gasteiger partial charge is 0.231 e. The van der Waals surface area contributed by atoms with Crippen LogP contribution in [-0.2, 0) is 4.79 Å². The predicted octanol–water partition coefficient (Wildman–Crippen LogP) is 1.73. The minimum absolute atomic E-state index is 0.0168. The lowest BCUT2D eigenvalue weighted by atomic mass is 10.0. The van der Waals surface area contributed by atoms with Crippen LogP contribution in [0.5, 0.6) is 5.75 Å². The molecule has 0 spiro atoms. The second kappa shape index (κ2) is 6.25. The number of phenolic OH excluding ortho intramolecular Hbond substituents is 1. The van der Waals surface area contributed by atoms with Crippen molar-refractivity contribution in [3.63, 3.8) is 0 Å². The number of hydrogen-bond donors (Lipinski definition) is 2. The number of benzene rings is 1. The van der Waals surface area contributed by atoms with Gasteiger partial charge < -0.3 is 15.7 Å². The first kappa shape index (κ1) is 13.5. The van der Waals surface area contributed by atoms with Crippen LogP contribution < -0.4 is 10.6 Å². The Morgan fingerprint density at radius 3 is 2.65 bits per heavy atom. The molecule has 0 radical (unpaired) electrons. The van der Waals surface area contributed by atoms with E-state index < -0.39 is 0 Å². The van der Waals surface area contributed by atoms with E-state index in [-0.39, 0.29) is 17.6 Å². The van der Waals surface area contributed by atoms with Gasteiger partial charge in [0.25, 0.3) is 0 Å². The van der Waals surface area contributed by atoms with Crippen molar-refractivity contribution in [1.82, 2.24) is 0 Å². The molecule has 1 amide bonds. The summed E-state index contributed by atoms with van der Waals surface area (Å²) in [4.78, 5) is 13.9. The fourth-order valence-electron chi connectivity index (χ4n) is 1.79. The summed E-state index contributed by atoms with van der Waals surface area (Å²) in [6.07, 6.45) is 0.727. The molecule has 1 atom stereocenters. The van der Waals surface area contributed by atoms with Crippen molar-refractivity contribution < 1.29 is 9.90 Å². The van der Waals surface area contributed by atoms with Crippen LogP contribution in [0.15, 0.2) is 24.3 Å². The van der Waals surface area contributed by atoms with Crippen LogP contribution >= 0.6 is 0 Å². The summed E-state index contributed by atoms with van der Waals surface area (Å²) in [7, 11) is 0. The molecular weight excluding hydrogens is 216 g/mol. The molecule has 4 heteroatoms. The van der Waals surface area contributed by atoms with Crippen molar-refractivity contribution >= 4 is 11.6 Å². The van der Waals surface area contributed by atoms with Gasteiger partial charge in [-0.2, -0.15) is 0 Å². The summed E-state index contributed by atoms with van der Waals surface area (Å²) in [5.41, 5.74) is 6.30. The molecule has 0 aliphatic rings. The van der Waals surface area contributed by atoms with Gasteiger partial charge in [-0.1, -0.05) is 13.0 Å². The van der Waals surface area contributed by atoms with Crippen LogP contribution in [-0.4, -0.2) is 24.1 Å². The molecule has 0 fully saturated rings. The van der Waals surface area contributed by atoms with Gasteiger partial charge in [0.05, 0.1) is 5.92 Å². The maximum absolute atomic E-state index is 12.2. The van der Waals surface area contributed by atoms with E-state index in [0.717, 1.165) is 6.42 Å². The van der Waals surface area contributed by atoms with E-state index in [1.165, 1.54) is 0 Å². The summed E-state index contributed by atoms with van der Waals surface area (Å²) in [6.45, 7) is 4.78. The molecule has 1 aromatic carbocycles. The molecule has 0 heterocycles. The molecule has 0 saturated carbocycles. The predicted molar refractivity (Wildman–Crippen MR) is 69.0 cm³/mol. The molecule has 17 heavy (non-hydrogen) atoms. The first-order valence-corrected chi connectivity index (χ1v) is 5.94. The number of hydrogen-bond acceptors (Lipinski definition) is 3. The summed E-state index contributed by atoms with van der Waals surface area (Å²) in [6, 6.07) is 6.71. The van der Waals surface area contributed by atoms with Crippen molar-refractivity contribution in [2.24, 2.45) is 11.7 Å². The SMILES string of the molecule is CCC(CN)C(=O)N(CC)c1cccc(O)c1. The molecule has 0 aliphatic heterocycles. The van der Waals surface area contributed by atoms with Gasteiger partial charge in [0.2, 0.25) is 5.91 Å². The summed E-state index contributed by atoms with van der Waals surface area (Å²) >= 11 is 0. The largest absolute Gasteiger partial charge is 0.508 e. The van der Waals surface area contributed by atoms with E-state index in [0.29, 0.717) is 18.8 Å². The summed E-state index contributed by atoms with van der Waals surface area (Å²) in [5.74, 6) is 0.0231. The number of carbonyl (C=O) groups excluding carboxylic acids is 1. The molecule has 0 aromatic heterocycles. The highest BCUT2D eigenvalue weighted by Gasteiger charge is 2.21. The second-order valence-corrected chi connectivity index (χ2v) is 3.94. The Balaban J connectivity index is 2.95. The van der Waals surface area contributed by atoms with E-state index in [4.69, 9.17) is 5.73 Å². The first-order chi connectivity index (χ1) is 8.13. The molecule has 1 unspecified atom stereocenters. The highest BCUT2D eigenvalue weighted by Crippen LogP contribution is 2.22. The van der Waals surface area contributed by atoms with E-state index in [1.54, 1.807) is 23.1 Å². The highest BCUT2D eigenvalue weighted by atomic mass is 16.3. The van der Waals surface area contributed by atoms with Gasteiger partial charge in [-0.25, -0.2) is 0 Å². The van der Waals surface area contributed by atoms with E-state index >= 15 is 0 Å². The average molecular weight is 236 g/mol. The lowest BCUT2D eigenvalue weighted by Gasteiger charge is -2.25. The summed E-state index contributed by atoms with van der Waals surface area (Å²) in [5, 5.41) is 9.43. The number of amides is 1. The van der Waals surface area contributed by atoms with Gasteiger partial charge >= 0.3 is 0 Å². The van der Waals surface area contributed by atoms with Crippen molar-refractivity contribution in [2.75, 3.05) is 18.0 Å². The van der Waals surface area contributed by atoms with Gasteiger partial charge in [-0.3, -0.25) is 4.79 Å². The third kappa shape index (κ3) is 3.20. The zero-order valence-electron chi connectivity index (χ0n) is 10.4. The van der Waals surface area contributed by atoms with Crippen LogP contribution in [0.3, 0.4) is 0 Å². The number of nitrogens with two attached hydrogens (primary N) is 1. The first-order valence-electron chi connectivity index (χ1n) is 5.94. The fourth-order valence-corrected chi connectivity index (χ4v) is 1.79. The molecule has 1 rings (SSSR count). The molecule has 1 aromatic rings. The zero-order valence-corrected chi connectivity index (χ0v) is 10.4. The number of anilines is 1. The third-order valence-electron chi connectivity index (χ3n) is 2.85. The Morgan fingerprint density at radius 2 is 2.18 bits per heavy atom. The van der Waals surface area contributed by atoms with Crippen molar-refractivity contribution in [3.05, 3.63) is 24.3 Å². The number of carbonyl (C=O) groups is 1. The van der Waals surface area contributed by atoms with Crippen LogP contribution in [0.2, 0.25) is 0 Å². The van der Waals surface area contributed by atoms with Gasteiger partial charge in [-0.05, 0) is 25.5 Å². The number of rotatable bonds is 5. The Labute approximate surface area is 102 Å². The second-order valence-electron chi connectivity index (χ2n) is 3.94. The number of aromatic hydroxyl groups is 1. The molecule has 0 aliphatic carbocycles.